The maximum Gasteiger partial charge on any atom is 0.240 e. The van der Waals surface area contributed by atoms with Crippen LogP contribution in [0.3, 0.4) is 0 Å². The van der Waals surface area contributed by atoms with Crippen molar-refractivity contribution in [1.82, 2.24) is 0 Å². The highest BCUT2D eigenvalue weighted by Gasteiger charge is 2.38. The molecular weight excluding hydrogens is 340 g/mol. The highest BCUT2D eigenvalue weighted by Crippen LogP contribution is 2.28. The third-order valence-corrected chi connectivity index (χ3v) is 7.00. The summed E-state index contributed by atoms with van der Waals surface area (Å²) in [6.07, 6.45) is -0.403. The first-order valence-electron chi connectivity index (χ1n) is 9.07. The Kier molecular flexibility index (Phi) is 7.35. The second-order valence-electron chi connectivity index (χ2n) is 7.71. The highest BCUT2D eigenvalue weighted by atomic mass is 28.3. The van der Waals surface area contributed by atoms with Gasteiger partial charge in [0.15, 0.2) is 0 Å². The predicted octanol–water partition coefficient (Wildman–Crippen LogP) is 2.25. The van der Waals surface area contributed by atoms with Gasteiger partial charge in [0, 0.05) is 0 Å². The number of hydrogen-bond donors (Lipinski definition) is 2. The van der Waals surface area contributed by atoms with E-state index in [0.29, 0.717) is 6.42 Å². The summed E-state index contributed by atoms with van der Waals surface area (Å²) in [5.74, 6) is 0. The third-order valence-electron chi connectivity index (χ3n) is 4.45. The summed E-state index contributed by atoms with van der Waals surface area (Å²) in [6.45, 7) is 9.75. The van der Waals surface area contributed by atoms with Gasteiger partial charge in [0.1, 0.15) is 6.10 Å². The van der Waals surface area contributed by atoms with Crippen LogP contribution in [0.4, 0.5) is 0 Å². The van der Waals surface area contributed by atoms with Gasteiger partial charge in [-0.3, -0.25) is 0 Å². The molecule has 0 saturated heterocycles. The van der Waals surface area contributed by atoms with E-state index in [0.717, 1.165) is 10.4 Å². The van der Waals surface area contributed by atoms with Crippen LogP contribution >= 0.6 is 0 Å². The summed E-state index contributed by atoms with van der Waals surface area (Å²) in [5.41, 5.74) is -0.323. The summed E-state index contributed by atoms with van der Waals surface area (Å²) in [4.78, 5) is 0. The van der Waals surface area contributed by atoms with Crippen molar-refractivity contribution >= 4 is 19.4 Å². The molecule has 0 bridgehead atoms. The molecule has 0 radical (unpaired) electrons. The van der Waals surface area contributed by atoms with E-state index in [-0.39, 0.29) is 5.41 Å². The summed E-state index contributed by atoms with van der Waals surface area (Å²) >= 11 is 0. The van der Waals surface area contributed by atoms with Crippen molar-refractivity contribution in [3.8, 4) is 0 Å². The van der Waals surface area contributed by atoms with Crippen LogP contribution in [-0.2, 0) is 4.43 Å². The molecule has 0 aromatic heterocycles. The van der Waals surface area contributed by atoms with E-state index in [4.69, 9.17) is 4.43 Å². The lowest BCUT2D eigenvalue weighted by Crippen LogP contribution is -2.55. The highest BCUT2D eigenvalue weighted by molar-refractivity contribution is 6.80. The first-order valence-corrected chi connectivity index (χ1v) is 10.7. The lowest BCUT2D eigenvalue weighted by Gasteiger charge is -2.39. The van der Waals surface area contributed by atoms with E-state index in [1.54, 1.807) is 6.08 Å². The van der Waals surface area contributed by atoms with Crippen molar-refractivity contribution in [3.63, 3.8) is 0 Å². The molecule has 2 rings (SSSR count). The molecule has 4 heteroatoms. The van der Waals surface area contributed by atoms with Crippen molar-refractivity contribution in [2.24, 2.45) is 5.41 Å². The first kappa shape index (κ1) is 20.6. The van der Waals surface area contributed by atoms with Gasteiger partial charge in [0.2, 0.25) is 9.04 Å². The Morgan fingerprint density at radius 2 is 1.42 bits per heavy atom. The maximum absolute atomic E-state index is 10.8. The van der Waals surface area contributed by atoms with Gasteiger partial charge >= 0.3 is 0 Å². The molecule has 0 amide bonds. The Morgan fingerprint density at radius 1 is 0.962 bits per heavy atom. The van der Waals surface area contributed by atoms with Gasteiger partial charge in [-0.2, -0.15) is 0 Å². The van der Waals surface area contributed by atoms with Crippen molar-refractivity contribution in [2.75, 3.05) is 0 Å². The SMILES string of the molecule is C=CCC(O)C(O)C(O[SiH](c1ccccc1)c1ccccc1)C(C)(C)C. The fourth-order valence-electron chi connectivity index (χ4n) is 3.06. The Hall–Kier alpha value is -1.72. The van der Waals surface area contributed by atoms with E-state index < -0.39 is 27.4 Å². The average molecular weight is 371 g/mol. The molecule has 3 nitrogen and oxygen atoms in total. The molecule has 26 heavy (non-hydrogen) atoms. The Balaban J connectivity index is 2.38. The van der Waals surface area contributed by atoms with E-state index in [1.165, 1.54) is 0 Å². The number of benzene rings is 2. The van der Waals surface area contributed by atoms with Crippen LogP contribution in [-0.4, -0.2) is 37.6 Å². The van der Waals surface area contributed by atoms with Gasteiger partial charge in [-0.1, -0.05) is 87.5 Å². The Morgan fingerprint density at radius 3 is 1.81 bits per heavy atom. The molecule has 0 fully saturated rings. The van der Waals surface area contributed by atoms with Crippen molar-refractivity contribution in [3.05, 3.63) is 73.3 Å². The quantitative estimate of drug-likeness (QED) is 0.554. The molecule has 0 heterocycles. The second-order valence-corrected chi connectivity index (χ2v) is 10.1. The van der Waals surface area contributed by atoms with Crippen molar-refractivity contribution in [2.45, 2.75) is 45.5 Å². The smallest absolute Gasteiger partial charge is 0.240 e. The number of rotatable bonds is 8. The minimum Gasteiger partial charge on any atom is -0.405 e. The van der Waals surface area contributed by atoms with Crippen LogP contribution in [0, 0.1) is 5.41 Å². The number of aliphatic hydroxyl groups excluding tert-OH is 2. The van der Waals surface area contributed by atoms with Gasteiger partial charge in [0.05, 0.1) is 12.2 Å². The molecule has 140 valence electrons. The lowest BCUT2D eigenvalue weighted by molar-refractivity contribution is -0.0853. The maximum atomic E-state index is 10.8. The summed E-state index contributed by atoms with van der Waals surface area (Å²) in [7, 11) is -2.02. The molecule has 2 aromatic carbocycles. The largest absolute Gasteiger partial charge is 0.405 e. The minimum atomic E-state index is -2.02. The number of hydrogen-bond acceptors (Lipinski definition) is 3. The average Bonchev–Trinajstić information content (AvgIpc) is 2.62. The van der Waals surface area contributed by atoms with Gasteiger partial charge in [-0.15, -0.1) is 6.58 Å². The molecule has 0 aliphatic heterocycles. The second kappa shape index (κ2) is 9.28. The zero-order chi connectivity index (χ0) is 19.2. The molecule has 0 saturated carbocycles. The molecular formula is C22H30O3Si. The number of aliphatic hydroxyl groups is 2. The van der Waals surface area contributed by atoms with Gasteiger partial charge < -0.3 is 14.6 Å². The molecule has 0 spiro atoms. The first-order chi connectivity index (χ1) is 12.3. The van der Waals surface area contributed by atoms with Crippen LogP contribution in [0.2, 0.25) is 0 Å². The van der Waals surface area contributed by atoms with Gasteiger partial charge in [0.25, 0.3) is 0 Å². The topological polar surface area (TPSA) is 49.7 Å². The fraction of sp³-hybridized carbons (Fsp3) is 0.364. The van der Waals surface area contributed by atoms with Crippen LogP contribution < -0.4 is 10.4 Å². The van der Waals surface area contributed by atoms with Crippen LogP contribution in [0.15, 0.2) is 73.3 Å². The van der Waals surface area contributed by atoms with Crippen molar-refractivity contribution in [1.29, 1.82) is 0 Å². The minimum absolute atomic E-state index is 0.323. The monoisotopic (exact) mass is 370 g/mol. The standard InChI is InChI=1S/C22H30O3Si/c1-5-12-19(23)20(24)21(22(2,3)4)25-26(17-13-8-6-9-14-17)18-15-10-7-11-16-18/h5-11,13-16,19-21,23-24,26H,1,12H2,2-4H3. The molecule has 3 unspecified atom stereocenters. The normalized spacial score (nSPS) is 15.5. The van der Waals surface area contributed by atoms with E-state index in [2.05, 4.69) is 30.8 Å². The fourth-order valence-corrected chi connectivity index (χ4v) is 5.77. The molecule has 0 aliphatic carbocycles. The van der Waals surface area contributed by atoms with E-state index in [9.17, 15) is 10.2 Å². The van der Waals surface area contributed by atoms with Crippen molar-refractivity contribution < 1.29 is 14.6 Å². The molecule has 3 atom stereocenters. The van der Waals surface area contributed by atoms with Gasteiger partial charge in [-0.05, 0) is 22.2 Å². The lowest BCUT2D eigenvalue weighted by atomic mass is 9.83. The molecule has 2 aromatic rings. The van der Waals surface area contributed by atoms with E-state index >= 15 is 0 Å². The summed E-state index contributed by atoms with van der Waals surface area (Å²) < 4.78 is 6.61. The third kappa shape index (κ3) is 5.38. The van der Waals surface area contributed by atoms with Crippen LogP contribution in [0.25, 0.3) is 0 Å². The van der Waals surface area contributed by atoms with Crippen LogP contribution in [0.5, 0.6) is 0 Å². The summed E-state index contributed by atoms with van der Waals surface area (Å²) in [5, 5.41) is 23.4. The zero-order valence-electron chi connectivity index (χ0n) is 15.9. The zero-order valence-corrected chi connectivity index (χ0v) is 17.0. The Labute approximate surface area is 158 Å². The van der Waals surface area contributed by atoms with E-state index in [1.807, 2.05) is 57.2 Å². The van der Waals surface area contributed by atoms with Gasteiger partial charge in [-0.25, -0.2) is 0 Å². The Bertz CT molecular complexity index is 627. The predicted molar refractivity (Wildman–Crippen MR) is 110 cm³/mol. The van der Waals surface area contributed by atoms with Crippen LogP contribution in [0.1, 0.15) is 27.2 Å². The molecule has 0 aliphatic rings. The molecule has 2 N–H and O–H groups in total. The summed E-state index contributed by atoms with van der Waals surface area (Å²) in [6, 6.07) is 20.3.